The molecule has 0 unspecified atom stereocenters. The van der Waals surface area contributed by atoms with Gasteiger partial charge < -0.3 is 0 Å². The number of rotatable bonds is 5. The van der Waals surface area contributed by atoms with Crippen LogP contribution in [-0.4, -0.2) is 27.0 Å². The van der Waals surface area contributed by atoms with Crippen molar-refractivity contribution >= 4 is 7.28 Å². The molecule has 4 heteroatoms. The first-order chi connectivity index (χ1) is 4.89. The van der Waals surface area contributed by atoms with E-state index < -0.39 is 7.28 Å². The summed E-state index contributed by atoms with van der Waals surface area (Å²) in [6, 6.07) is 0. The summed E-state index contributed by atoms with van der Waals surface area (Å²) in [4.78, 5) is 27.8. The predicted octanol–water partition coefficient (Wildman–Crippen LogP) is 1.47. The zero-order valence-corrected chi connectivity index (χ0v) is 8.22. The Hall–Kier alpha value is 0.310. The van der Waals surface area contributed by atoms with Crippen molar-refractivity contribution in [1.29, 1.82) is 0 Å². The van der Waals surface area contributed by atoms with Gasteiger partial charge in [0, 0.05) is 0 Å². The Labute approximate surface area is 68.2 Å². The second-order valence-corrected chi connectivity index (χ2v) is 6.85. The average molecular weight is 182 g/mol. The fourth-order valence-electron chi connectivity index (χ4n) is 0.844. The van der Waals surface area contributed by atoms with E-state index in [1.165, 1.54) is 0 Å². The minimum absolute atomic E-state index is 0.0787. The third-order valence-electron chi connectivity index (χ3n) is 1.87. The maximum atomic E-state index is 9.26. The molecule has 70 valence electrons. The Morgan fingerprint density at radius 3 is 1.91 bits per heavy atom. The van der Waals surface area contributed by atoms with Crippen LogP contribution in [0.25, 0.3) is 0 Å². The molecule has 0 spiro atoms. The van der Waals surface area contributed by atoms with Gasteiger partial charge in [-0.25, -0.2) is 0 Å². The molecule has 0 rings (SSSR count). The maximum absolute atomic E-state index is 9.26. The van der Waals surface area contributed by atoms with Crippen LogP contribution in [0.2, 0.25) is 0 Å². The standard InChI is InChI=1S/C7H19O3P/c1-3-5-6-7-11(8,9,10)4-2/h8-10H,3-7H2,1-2H3. The third-order valence-corrected chi connectivity index (χ3v) is 4.40. The molecule has 0 saturated heterocycles. The van der Waals surface area contributed by atoms with Crippen LogP contribution in [-0.2, 0) is 0 Å². The van der Waals surface area contributed by atoms with Crippen LogP contribution >= 0.6 is 7.28 Å². The van der Waals surface area contributed by atoms with Crippen LogP contribution in [0.15, 0.2) is 0 Å². The molecule has 0 atom stereocenters. The van der Waals surface area contributed by atoms with Gasteiger partial charge in [0.25, 0.3) is 0 Å². The van der Waals surface area contributed by atoms with Gasteiger partial charge in [0.2, 0.25) is 0 Å². The van der Waals surface area contributed by atoms with E-state index in [0.717, 1.165) is 12.8 Å². The predicted molar refractivity (Wildman–Crippen MR) is 48.5 cm³/mol. The molecule has 3 nitrogen and oxygen atoms in total. The quantitative estimate of drug-likeness (QED) is 0.445. The van der Waals surface area contributed by atoms with Gasteiger partial charge >= 0.3 is 67.4 Å². The monoisotopic (exact) mass is 182 g/mol. The molecule has 0 bridgehead atoms. The Balaban J connectivity index is 3.72. The number of hydrogen-bond acceptors (Lipinski definition) is 3. The van der Waals surface area contributed by atoms with E-state index in [4.69, 9.17) is 0 Å². The average Bonchev–Trinajstić information content (AvgIpc) is 1.88. The third kappa shape index (κ3) is 5.57. The van der Waals surface area contributed by atoms with E-state index >= 15 is 0 Å². The van der Waals surface area contributed by atoms with Crippen molar-refractivity contribution in [2.45, 2.75) is 33.1 Å². The van der Waals surface area contributed by atoms with E-state index in [-0.39, 0.29) is 12.3 Å². The summed E-state index contributed by atoms with van der Waals surface area (Å²) in [6.45, 7) is 3.64. The van der Waals surface area contributed by atoms with Gasteiger partial charge in [-0.15, -0.1) is 0 Å². The van der Waals surface area contributed by atoms with Crippen LogP contribution < -0.4 is 0 Å². The summed E-state index contributed by atoms with van der Waals surface area (Å²) < 4.78 is 0. The first-order valence-electron chi connectivity index (χ1n) is 4.15. The van der Waals surface area contributed by atoms with E-state index in [1.807, 2.05) is 6.92 Å². The van der Waals surface area contributed by atoms with Gasteiger partial charge in [0.15, 0.2) is 0 Å². The van der Waals surface area contributed by atoms with Gasteiger partial charge in [-0.05, 0) is 0 Å². The van der Waals surface area contributed by atoms with Crippen LogP contribution in [0.1, 0.15) is 33.1 Å². The van der Waals surface area contributed by atoms with Gasteiger partial charge in [0.05, 0.1) is 0 Å². The zero-order valence-electron chi connectivity index (χ0n) is 7.32. The van der Waals surface area contributed by atoms with E-state index in [1.54, 1.807) is 6.92 Å². The van der Waals surface area contributed by atoms with Crippen molar-refractivity contribution in [3.05, 3.63) is 0 Å². The second kappa shape index (κ2) is 3.81. The van der Waals surface area contributed by atoms with Crippen molar-refractivity contribution in [2.75, 3.05) is 12.3 Å². The molecular weight excluding hydrogens is 163 g/mol. The molecule has 0 aromatic carbocycles. The summed E-state index contributed by atoms with van der Waals surface area (Å²) in [7, 11) is -4.17. The van der Waals surface area contributed by atoms with E-state index in [0.29, 0.717) is 6.42 Å². The molecule has 0 aliphatic carbocycles. The molecule has 11 heavy (non-hydrogen) atoms. The number of hydrogen-bond donors (Lipinski definition) is 3. The van der Waals surface area contributed by atoms with Gasteiger partial charge in [-0.1, -0.05) is 0 Å². The first-order valence-corrected chi connectivity index (χ1v) is 6.61. The molecule has 0 aliphatic rings. The molecule has 3 N–H and O–H groups in total. The normalized spacial score (nSPS) is 15.9. The molecular formula is C7H19O3P. The van der Waals surface area contributed by atoms with Crippen molar-refractivity contribution < 1.29 is 14.7 Å². The SMILES string of the molecule is CCCCCP(O)(O)(O)CC. The fourth-order valence-corrected chi connectivity index (χ4v) is 2.03. The number of unbranched alkanes of at least 4 members (excludes halogenated alkanes) is 2. The summed E-state index contributed by atoms with van der Waals surface area (Å²) in [5.41, 5.74) is 0. The van der Waals surface area contributed by atoms with Gasteiger partial charge in [-0.3, -0.25) is 0 Å². The molecule has 0 fully saturated rings. The van der Waals surface area contributed by atoms with Crippen molar-refractivity contribution in [3.8, 4) is 0 Å². The summed E-state index contributed by atoms with van der Waals surface area (Å²) in [6.07, 6.45) is 2.91. The van der Waals surface area contributed by atoms with Gasteiger partial charge in [-0.2, -0.15) is 0 Å². The Morgan fingerprint density at radius 2 is 1.55 bits per heavy atom. The van der Waals surface area contributed by atoms with Gasteiger partial charge in [0.1, 0.15) is 0 Å². The second-order valence-electron chi connectivity index (χ2n) is 3.09. The molecule has 0 radical (unpaired) electrons. The summed E-state index contributed by atoms with van der Waals surface area (Å²) in [5.74, 6) is 0. The molecule has 0 aromatic heterocycles. The minimum atomic E-state index is -4.17. The molecule has 0 heterocycles. The van der Waals surface area contributed by atoms with Crippen LogP contribution in [0.3, 0.4) is 0 Å². The van der Waals surface area contributed by atoms with Crippen molar-refractivity contribution in [2.24, 2.45) is 0 Å². The molecule has 0 amide bonds. The van der Waals surface area contributed by atoms with Crippen molar-refractivity contribution in [3.63, 3.8) is 0 Å². The Morgan fingerprint density at radius 1 is 1.00 bits per heavy atom. The van der Waals surface area contributed by atoms with Crippen LogP contribution in [0.4, 0.5) is 0 Å². The summed E-state index contributed by atoms with van der Waals surface area (Å²) >= 11 is 0. The van der Waals surface area contributed by atoms with E-state index in [2.05, 4.69) is 0 Å². The fraction of sp³-hybridized carbons (Fsp3) is 1.00. The van der Waals surface area contributed by atoms with Crippen LogP contribution in [0.5, 0.6) is 0 Å². The molecule has 0 aliphatic heterocycles. The van der Waals surface area contributed by atoms with Crippen molar-refractivity contribution in [1.82, 2.24) is 0 Å². The van der Waals surface area contributed by atoms with E-state index in [9.17, 15) is 14.7 Å². The zero-order chi connectivity index (χ0) is 8.98. The van der Waals surface area contributed by atoms with Crippen LogP contribution in [0, 0.1) is 0 Å². The first kappa shape index (κ1) is 11.3. The Bertz CT molecular complexity index is 117. The molecule has 0 saturated carbocycles. The summed E-state index contributed by atoms with van der Waals surface area (Å²) in [5, 5.41) is 0. The Kier molecular flexibility index (Phi) is 3.92. The molecule has 0 aromatic rings. The topological polar surface area (TPSA) is 60.7 Å².